The van der Waals surface area contributed by atoms with Crippen LogP contribution in [0.4, 0.5) is 0 Å². The normalized spacial score (nSPS) is 19.7. The highest BCUT2D eigenvalue weighted by Crippen LogP contribution is 2.42. The third-order valence-corrected chi connectivity index (χ3v) is 4.04. The lowest BCUT2D eigenvalue weighted by molar-refractivity contribution is -0.162. The predicted molar refractivity (Wildman–Crippen MR) is 88.7 cm³/mol. The van der Waals surface area contributed by atoms with Crippen LogP contribution in [0.1, 0.15) is 41.8 Å². The number of fused-ring (bicyclic) bond motifs is 3. The van der Waals surface area contributed by atoms with Crippen LogP contribution in [-0.2, 0) is 25.4 Å². The Balaban J connectivity index is 2.18. The average Bonchev–Trinajstić information content (AvgIpc) is 2.97. The molecule has 1 aromatic heterocycles. The van der Waals surface area contributed by atoms with Crippen LogP contribution in [0.2, 0.25) is 0 Å². The van der Waals surface area contributed by atoms with Gasteiger partial charge in [0.15, 0.2) is 18.8 Å². The van der Waals surface area contributed by atoms with Crippen LogP contribution in [-0.4, -0.2) is 39.7 Å². The molecule has 0 aliphatic carbocycles. The largest absolute Gasteiger partial charge is 0.463 e. The highest BCUT2D eigenvalue weighted by Gasteiger charge is 2.32. The van der Waals surface area contributed by atoms with Crippen LogP contribution in [0, 0.1) is 0 Å². The van der Waals surface area contributed by atoms with Gasteiger partial charge < -0.3 is 28.1 Å². The molecule has 0 saturated heterocycles. The van der Waals surface area contributed by atoms with Crippen molar-refractivity contribution in [3.63, 3.8) is 0 Å². The minimum atomic E-state index is -0.586. The van der Waals surface area contributed by atoms with Gasteiger partial charge in [-0.1, -0.05) is 6.07 Å². The number of methoxy groups -OCH3 is 2. The summed E-state index contributed by atoms with van der Waals surface area (Å²) < 4.78 is 32.8. The number of carbonyl (C=O) groups is 1. The first kappa shape index (κ1) is 17.7. The van der Waals surface area contributed by atoms with Crippen LogP contribution in [0.25, 0.3) is 11.0 Å². The van der Waals surface area contributed by atoms with Crippen molar-refractivity contribution in [3.05, 3.63) is 29.0 Å². The van der Waals surface area contributed by atoms with E-state index in [2.05, 4.69) is 0 Å². The lowest BCUT2D eigenvalue weighted by Crippen LogP contribution is -2.24. The van der Waals surface area contributed by atoms with E-state index < -0.39 is 12.3 Å². The van der Waals surface area contributed by atoms with Crippen molar-refractivity contribution in [1.29, 1.82) is 0 Å². The predicted octanol–water partition coefficient (Wildman–Crippen LogP) is 3.20. The van der Waals surface area contributed by atoms with Crippen LogP contribution < -0.4 is 4.74 Å². The Labute approximate surface area is 145 Å². The van der Waals surface area contributed by atoms with Gasteiger partial charge >= 0.3 is 5.97 Å². The molecule has 0 fully saturated rings. The first-order valence-corrected chi connectivity index (χ1v) is 8.16. The van der Waals surface area contributed by atoms with Crippen LogP contribution in [0.3, 0.4) is 0 Å². The monoisotopic (exact) mass is 350 g/mol. The van der Waals surface area contributed by atoms with Gasteiger partial charge in [-0.3, -0.25) is 0 Å². The molecular formula is C18H22O7. The maximum atomic E-state index is 12.3. The van der Waals surface area contributed by atoms with Crippen LogP contribution in [0.15, 0.2) is 16.5 Å². The molecule has 136 valence electrons. The second-order valence-corrected chi connectivity index (χ2v) is 5.77. The zero-order chi connectivity index (χ0) is 18.0. The molecule has 25 heavy (non-hydrogen) atoms. The highest BCUT2D eigenvalue weighted by molar-refractivity contribution is 6.00. The molecule has 2 aromatic rings. The van der Waals surface area contributed by atoms with E-state index in [1.807, 2.05) is 19.1 Å². The molecule has 0 saturated carbocycles. The van der Waals surface area contributed by atoms with E-state index in [4.69, 9.17) is 28.1 Å². The number of ether oxygens (including phenoxy) is 5. The molecule has 0 N–H and O–H groups in total. The molecule has 0 bridgehead atoms. The van der Waals surface area contributed by atoms with Crippen molar-refractivity contribution in [2.45, 2.75) is 32.7 Å². The summed E-state index contributed by atoms with van der Waals surface area (Å²) in [5.74, 6) is -0.278. The molecule has 7 nitrogen and oxygen atoms in total. The van der Waals surface area contributed by atoms with Gasteiger partial charge in [0, 0.05) is 14.2 Å². The Morgan fingerprint density at radius 2 is 2.12 bits per heavy atom. The minimum Gasteiger partial charge on any atom is -0.463 e. The Morgan fingerprint density at radius 3 is 2.80 bits per heavy atom. The quantitative estimate of drug-likeness (QED) is 0.585. The molecule has 3 rings (SSSR count). The van der Waals surface area contributed by atoms with Gasteiger partial charge in [0.05, 0.1) is 23.7 Å². The second-order valence-electron chi connectivity index (χ2n) is 5.77. The third kappa shape index (κ3) is 3.22. The summed E-state index contributed by atoms with van der Waals surface area (Å²) in [6.07, 6.45) is 0.187. The fraction of sp³-hybridized carbons (Fsp3) is 0.500. The maximum absolute atomic E-state index is 12.3. The van der Waals surface area contributed by atoms with Gasteiger partial charge in [-0.05, 0) is 31.9 Å². The molecule has 0 unspecified atom stereocenters. The number of benzene rings is 1. The lowest BCUT2D eigenvalue weighted by atomic mass is 9.96. The third-order valence-electron chi connectivity index (χ3n) is 4.04. The smallest absolute Gasteiger partial charge is 0.378 e. The fourth-order valence-electron chi connectivity index (χ4n) is 3.04. The molecular weight excluding hydrogens is 328 g/mol. The van der Waals surface area contributed by atoms with Gasteiger partial charge in [0.2, 0.25) is 0 Å². The molecule has 0 spiro atoms. The number of hydrogen-bond donors (Lipinski definition) is 0. The van der Waals surface area contributed by atoms with Gasteiger partial charge in [-0.2, -0.15) is 0 Å². The van der Waals surface area contributed by atoms with E-state index in [0.29, 0.717) is 16.7 Å². The zero-order valence-corrected chi connectivity index (χ0v) is 14.8. The second kappa shape index (κ2) is 7.43. The Hall–Kier alpha value is -2.09. The summed E-state index contributed by atoms with van der Waals surface area (Å²) in [5, 5.41) is 0.652. The zero-order valence-electron chi connectivity index (χ0n) is 14.8. The van der Waals surface area contributed by atoms with Gasteiger partial charge in [-0.15, -0.1) is 0 Å². The van der Waals surface area contributed by atoms with E-state index in [1.54, 1.807) is 14.0 Å². The van der Waals surface area contributed by atoms with E-state index in [1.165, 1.54) is 7.11 Å². The number of hydrogen-bond acceptors (Lipinski definition) is 7. The fourth-order valence-corrected chi connectivity index (χ4v) is 3.04. The van der Waals surface area contributed by atoms with E-state index in [0.717, 1.165) is 17.5 Å². The number of furan rings is 1. The van der Waals surface area contributed by atoms with E-state index in [-0.39, 0.29) is 25.3 Å². The summed E-state index contributed by atoms with van der Waals surface area (Å²) in [7, 11) is 3.08. The molecule has 2 atom stereocenters. The first-order chi connectivity index (χ1) is 12.1. The maximum Gasteiger partial charge on any atom is 0.378 e. The number of rotatable bonds is 6. The van der Waals surface area contributed by atoms with Gasteiger partial charge in [0.1, 0.15) is 5.58 Å². The molecule has 1 aliphatic rings. The van der Waals surface area contributed by atoms with Crippen molar-refractivity contribution in [2.24, 2.45) is 0 Å². The van der Waals surface area contributed by atoms with Crippen LogP contribution >= 0.6 is 0 Å². The highest BCUT2D eigenvalue weighted by atomic mass is 16.7. The summed E-state index contributed by atoms with van der Waals surface area (Å²) >= 11 is 0. The topological polar surface area (TPSA) is 76.4 Å². The Bertz CT molecular complexity index is 764. The van der Waals surface area contributed by atoms with Crippen LogP contribution in [0.5, 0.6) is 5.75 Å². The van der Waals surface area contributed by atoms with Crippen molar-refractivity contribution in [1.82, 2.24) is 0 Å². The van der Waals surface area contributed by atoms with Crippen molar-refractivity contribution in [2.75, 3.05) is 27.6 Å². The lowest BCUT2D eigenvalue weighted by Gasteiger charge is -2.29. The summed E-state index contributed by atoms with van der Waals surface area (Å²) in [4.78, 5) is 12.3. The van der Waals surface area contributed by atoms with Gasteiger partial charge in [-0.25, -0.2) is 4.79 Å². The average molecular weight is 350 g/mol. The molecule has 7 heteroatoms. The SMILES string of the molecule is CCOC(=O)c1oc2c3c(ccc2c1OCOC)C[C@@H](C)O[C@@H]3OC. The van der Waals surface area contributed by atoms with E-state index in [9.17, 15) is 4.79 Å². The van der Waals surface area contributed by atoms with E-state index >= 15 is 0 Å². The molecule has 1 aromatic carbocycles. The van der Waals surface area contributed by atoms with Crippen molar-refractivity contribution in [3.8, 4) is 5.75 Å². The van der Waals surface area contributed by atoms with Crippen molar-refractivity contribution >= 4 is 16.9 Å². The molecule has 2 heterocycles. The van der Waals surface area contributed by atoms with Gasteiger partial charge in [0.25, 0.3) is 5.76 Å². The number of esters is 1. The van der Waals surface area contributed by atoms with Crippen molar-refractivity contribution < 1.29 is 32.9 Å². The summed E-state index contributed by atoms with van der Waals surface area (Å²) in [5.41, 5.74) is 2.34. The molecule has 0 radical (unpaired) electrons. The standard InChI is InChI=1S/C18H22O7/c1-5-22-17(19)16-15(23-9-20-3)12-7-6-11-8-10(2)24-18(21-4)13(11)14(12)25-16/h6-7,10,18H,5,8-9H2,1-4H3/t10-,18+/m1/s1. The number of carbonyl (C=O) groups excluding carboxylic acids is 1. The Morgan fingerprint density at radius 1 is 1.32 bits per heavy atom. The molecule has 1 aliphatic heterocycles. The first-order valence-electron chi connectivity index (χ1n) is 8.16. The minimum absolute atomic E-state index is 0.00998. The Kier molecular flexibility index (Phi) is 5.27. The molecule has 0 amide bonds. The summed E-state index contributed by atoms with van der Waals surface area (Å²) in [6.45, 7) is 3.94. The summed E-state index contributed by atoms with van der Waals surface area (Å²) in [6, 6.07) is 3.85.